The van der Waals surface area contributed by atoms with Crippen molar-refractivity contribution in [3.05, 3.63) is 35.9 Å². The Balaban J connectivity index is 1.71. The third-order valence-corrected chi connectivity index (χ3v) is 13.7. The number of amides is 1. The number of esters is 4. The van der Waals surface area contributed by atoms with Crippen LogP contribution in [-0.2, 0) is 77.8 Å². The molecule has 1 aromatic rings. The average Bonchev–Trinajstić information content (AvgIpc) is 3.29. The van der Waals surface area contributed by atoms with E-state index in [-0.39, 0.29) is 50.5 Å². The average molecular weight is 1010 g/mol. The number of benzene rings is 1. The fourth-order valence-electron chi connectivity index (χ4n) is 10.4. The van der Waals surface area contributed by atoms with Gasteiger partial charge in [-0.3, -0.25) is 28.9 Å². The molecule has 3 aliphatic rings. The van der Waals surface area contributed by atoms with Gasteiger partial charge in [-0.2, -0.15) is 0 Å². The zero-order chi connectivity index (χ0) is 52.6. The van der Waals surface area contributed by atoms with Gasteiger partial charge < -0.3 is 62.7 Å². The molecule has 1 amide bonds. The molecule has 2 N–H and O–H groups in total. The molecule has 1 aromatic carbocycles. The summed E-state index contributed by atoms with van der Waals surface area (Å²) in [6, 6.07) is 9.03. The van der Waals surface area contributed by atoms with Gasteiger partial charge in [0.25, 0.3) is 0 Å². The second kappa shape index (κ2) is 28.4. The molecule has 0 bridgehead atoms. The number of hydrogen-bond donors (Lipinski definition) is 2. The van der Waals surface area contributed by atoms with E-state index in [4.69, 9.17) is 42.6 Å². The van der Waals surface area contributed by atoms with Gasteiger partial charge in [-0.05, 0) is 91.4 Å². The highest BCUT2D eigenvalue weighted by Gasteiger charge is 2.54. The molecule has 402 valence electrons. The van der Waals surface area contributed by atoms with E-state index in [0.717, 1.165) is 25.5 Å². The Labute approximate surface area is 420 Å². The topological polar surface area (TPSA) is 224 Å². The first-order chi connectivity index (χ1) is 33.6. The molecule has 3 heterocycles. The quantitative estimate of drug-likeness (QED) is 0.0853. The zero-order valence-corrected chi connectivity index (χ0v) is 44.1. The lowest BCUT2D eigenvalue weighted by molar-refractivity contribution is -0.344. The van der Waals surface area contributed by atoms with Crippen LogP contribution in [0.4, 0.5) is 0 Å². The first-order valence-electron chi connectivity index (χ1n) is 25.4. The van der Waals surface area contributed by atoms with Crippen LogP contribution in [-0.4, -0.2) is 177 Å². The van der Waals surface area contributed by atoms with E-state index >= 15 is 0 Å². The maximum atomic E-state index is 14.0. The lowest BCUT2D eigenvalue weighted by Gasteiger charge is -2.51. The summed E-state index contributed by atoms with van der Waals surface area (Å²) in [6.07, 6.45) is -8.11. The molecule has 0 aromatic heterocycles. The highest BCUT2D eigenvalue weighted by atomic mass is 16.7. The predicted molar refractivity (Wildman–Crippen MR) is 259 cm³/mol. The summed E-state index contributed by atoms with van der Waals surface area (Å²) in [7, 11) is 4.90. The Morgan fingerprint density at radius 2 is 1.55 bits per heavy atom. The number of likely N-dealkylation sites (N-methyl/N-ethyl adjacent to an activating group) is 1. The second-order valence-electron chi connectivity index (χ2n) is 20.0. The molecule has 3 fully saturated rings. The van der Waals surface area contributed by atoms with E-state index in [1.807, 2.05) is 32.0 Å². The normalized spacial score (nSPS) is 34.6. The Kier molecular flexibility index (Phi) is 23.8. The summed E-state index contributed by atoms with van der Waals surface area (Å²) in [4.78, 5) is 81.5. The van der Waals surface area contributed by atoms with Gasteiger partial charge in [0.1, 0.15) is 36.8 Å². The molecule has 19 heteroatoms. The molecule has 0 aliphatic carbocycles. The minimum atomic E-state index is -1.43. The van der Waals surface area contributed by atoms with Crippen LogP contribution in [0, 0.1) is 11.8 Å². The lowest BCUT2D eigenvalue weighted by Crippen LogP contribution is -2.66. The number of methoxy groups -OCH3 is 1. The second-order valence-corrected chi connectivity index (χ2v) is 20.0. The fourth-order valence-corrected chi connectivity index (χ4v) is 10.4. The van der Waals surface area contributed by atoms with Crippen LogP contribution in [0.5, 0.6) is 0 Å². The first kappa shape index (κ1) is 59.5. The number of nitrogens with zero attached hydrogens (tertiary/aromatic N) is 2. The van der Waals surface area contributed by atoms with Gasteiger partial charge in [-0.1, -0.05) is 51.1 Å². The van der Waals surface area contributed by atoms with E-state index in [2.05, 4.69) is 22.3 Å². The molecular weight excluding hydrogens is 923 g/mol. The number of nitrogens with one attached hydrogen (secondary N) is 1. The number of aliphatic hydroxyl groups excluding tert-OH is 1. The molecule has 3 saturated heterocycles. The molecule has 0 saturated carbocycles. The summed E-state index contributed by atoms with van der Waals surface area (Å²) in [6.45, 7) is 16.3. The molecule has 0 radical (unpaired) electrons. The van der Waals surface area contributed by atoms with Crippen LogP contribution in [0.15, 0.2) is 30.3 Å². The van der Waals surface area contributed by atoms with Crippen molar-refractivity contribution in [1.82, 2.24) is 15.1 Å². The number of aryl methyl sites for hydroxylation is 1. The third-order valence-electron chi connectivity index (χ3n) is 13.7. The SMILES string of the molecule is CCC(=O)O[C@@H]1CC(=O)N[C@H](C)CN(CCCCc2ccccc2)C[C@H](OC(C)=O)[C@H](C)C[C@H](CC=O)[C@H](O[C@@H]2OC(C)[C@H](O[C@H]3CC(C)(OC(C)=O)[C@@H](OC(=O)CC)C(C)O3)C(N(C)C)C2O)[C@H]1OC. The van der Waals surface area contributed by atoms with Crippen LogP contribution >= 0.6 is 0 Å². The number of ether oxygens (including phenoxy) is 9. The van der Waals surface area contributed by atoms with Crippen LogP contribution in [0.3, 0.4) is 0 Å². The number of aliphatic hydroxyl groups is 1. The summed E-state index contributed by atoms with van der Waals surface area (Å²) in [5.74, 6) is -3.65. The molecule has 19 nitrogen and oxygen atoms in total. The highest BCUT2D eigenvalue weighted by Crippen LogP contribution is 2.39. The number of carbonyl (C=O) groups excluding carboxylic acids is 6. The molecule has 4 rings (SSSR count). The van der Waals surface area contributed by atoms with Crippen LogP contribution in [0.1, 0.15) is 119 Å². The lowest BCUT2D eigenvalue weighted by atomic mass is 9.82. The van der Waals surface area contributed by atoms with Crippen molar-refractivity contribution in [3.8, 4) is 0 Å². The minimum Gasteiger partial charge on any atom is -0.461 e. The number of unbranched alkanes of at least 4 members (excludes halogenated alkanes) is 1. The number of rotatable bonds is 19. The Bertz CT molecular complexity index is 1860. The van der Waals surface area contributed by atoms with Crippen molar-refractivity contribution < 1.29 is 76.5 Å². The number of aldehydes is 1. The number of hydrogen-bond acceptors (Lipinski definition) is 18. The third kappa shape index (κ3) is 17.5. The van der Waals surface area contributed by atoms with Crippen molar-refractivity contribution in [3.63, 3.8) is 0 Å². The van der Waals surface area contributed by atoms with Crippen molar-refractivity contribution in [2.45, 2.75) is 205 Å². The first-order valence-corrected chi connectivity index (χ1v) is 25.4. The van der Waals surface area contributed by atoms with E-state index in [1.54, 1.807) is 53.6 Å². The molecule has 5 unspecified atom stereocenters. The summed E-state index contributed by atoms with van der Waals surface area (Å²) >= 11 is 0. The monoisotopic (exact) mass is 1010 g/mol. The Morgan fingerprint density at radius 1 is 0.873 bits per heavy atom. The van der Waals surface area contributed by atoms with E-state index in [1.165, 1.54) is 26.5 Å². The maximum Gasteiger partial charge on any atom is 0.306 e. The largest absolute Gasteiger partial charge is 0.461 e. The molecule has 3 aliphatic heterocycles. The standard InChI is InChI=1S/C52H83N3O16/c1-13-42(60)67-39-27-41(59)53-32(4)29-55(24-19-18-22-37-20-16-15-17-21-37)30-40(66-35(7)57)31(3)26-38(23-25-56)48(49(39)63-12)70-51-46(62)45(54(10)11)47(33(5)65-51)69-44-28-52(9,71-36(8)58)50(34(6)64-44)68-43(61)14-2/h15-17,20-21,25,31-34,38-40,44-51,62H,13-14,18-19,22-24,26-30H2,1-12H3,(H,53,59)/t31-,32-,33?,34?,38+,39-,40+,44+,45?,46?,47+,48+,49+,50+,51+,52?/m1/s1. The van der Waals surface area contributed by atoms with Crippen molar-refractivity contribution in [2.24, 2.45) is 11.8 Å². The Hall–Kier alpha value is -4.08. The van der Waals surface area contributed by atoms with Crippen LogP contribution in [0.2, 0.25) is 0 Å². The van der Waals surface area contributed by atoms with Gasteiger partial charge in [0.2, 0.25) is 5.91 Å². The molecule has 71 heavy (non-hydrogen) atoms. The zero-order valence-electron chi connectivity index (χ0n) is 44.1. The summed E-state index contributed by atoms with van der Waals surface area (Å²) < 4.78 is 56.0. The number of carbonyl (C=O) groups is 6. The Morgan fingerprint density at radius 3 is 2.15 bits per heavy atom. The van der Waals surface area contributed by atoms with Crippen molar-refractivity contribution in [2.75, 3.05) is 40.8 Å². The van der Waals surface area contributed by atoms with Gasteiger partial charge in [0, 0.05) is 65.8 Å². The molecule has 0 spiro atoms. The summed E-state index contributed by atoms with van der Waals surface area (Å²) in [5.41, 5.74) is -0.0955. The van der Waals surface area contributed by atoms with Gasteiger partial charge in [-0.15, -0.1) is 0 Å². The van der Waals surface area contributed by atoms with Gasteiger partial charge in [0.05, 0.1) is 30.8 Å². The fraction of sp³-hybridized carbons (Fsp3) is 0.769. The summed E-state index contributed by atoms with van der Waals surface area (Å²) in [5, 5.41) is 15.4. The van der Waals surface area contributed by atoms with E-state index < -0.39 is 115 Å². The van der Waals surface area contributed by atoms with Crippen LogP contribution < -0.4 is 5.32 Å². The maximum absolute atomic E-state index is 14.0. The predicted octanol–water partition coefficient (Wildman–Crippen LogP) is 4.30. The van der Waals surface area contributed by atoms with E-state index in [9.17, 15) is 33.9 Å². The molecular formula is C52H83N3O16. The van der Waals surface area contributed by atoms with Crippen LogP contribution in [0.25, 0.3) is 0 Å². The smallest absolute Gasteiger partial charge is 0.306 e. The highest BCUT2D eigenvalue weighted by molar-refractivity contribution is 5.77. The van der Waals surface area contributed by atoms with Crippen molar-refractivity contribution >= 4 is 36.1 Å². The minimum absolute atomic E-state index is 0.00347. The molecule has 16 atom stereocenters. The van der Waals surface area contributed by atoms with Crippen molar-refractivity contribution in [1.29, 1.82) is 0 Å². The van der Waals surface area contributed by atoms with Gasteiger partial charge in [-0.25, -0.2) is 0 Å². The van der Waals surface area contributed by atoms with Gasteiger partial charge >= 0.3 is 23.9 Å². The van der Waals surface area contributed by atoms with E-state index in [0.29, 0.717) is 19.6 Å². The van der Waals surface area contributed by atoms with Gasteiger partial charge in [0.15, 0.2) is 24.3 Å².